The number of hydrogen-bond donors (Lipinski definition) is 1. The lowest BCUT2D eigenvalue weighted by Gasteiger charge is -2.18. The van der Waals surface area contributed by atoms with Gasteiger partial charge in [0.25, 0.3) is 10.0 Å². The number of sulfonamides is 1. The van der Waals surface area contributed by atoms with Crippen molar-refractivity contribution in [3.05, 3.63) is 64.1 Å². The van der Waals surface area contributed by atoms with Crippen molar-refractivity contribution in [2.24, 2.45) is 0 Å². The quantitative estimate of drug-likeness (QED) is 0.740. The molecule has 0 spiro atoms. The summed E-state index contributed by atoms with van der Waals surface area (Å²) < 4.78 is 30.9. The van der Waals surface area contributed by atoms with Gasteiger partial charge in [0.15, 0.2) is 5.82 Å². The van der Waals surface area contributed by atoms with Gasteiger partial charge >= 0.3 is 0 Å². The maximum Gasteiger partial charge on any atom is 0.262 e. The molecule has 0 saturated heterocycles. The van der Waals surface area contributed by atoms with E-state index < -0.39 is 10.0 Å². The van der Waals surface area contributed by atoms with E-state index in [-0.39, 0.29) is 0 Å². The van der Waals surface area contributed by atoms with Crippen molar-refractivity contribution in [1.82, 2.24) is 14.8 Å². The zero-order valence-electron chi connectivity index (χ0n) is 16.5. The van der Waals surface area contributed by atoms with Crippen LogP contribution in [0.1, 0.15) is 33.6 Å². The first kappa shape index (κ1) is 19.1. The first-order valence-corrected chi connectivity index (χ1v) is 10.2. The number of anilines is 1. The molecular formula is C20H24N4O2S. The molecule has 0 amide bonds. The molecule has 142 valence electrons. The van der Waals surface area contributed by atoms with Gasteiger partial charge in [0.2, 0.25) is 0 Å². The Morgan fingerprint density at radius 2 is 1.59 bits per heavy atom. The summed E-state index contributed by atoms with van der Waals surface area (Å²) in [5.41, 5.74) is 5.51. The molecule has 7 heteroatoms. The van der Waals surface area contributed by atoms with Crippen LogP contribution in [0.4, 0.5) is 5.69 Å². The lowest BCUT2D eigenvalue weighted by Crippen LogP contribution is -2.19. The van der Waals surface area contributed by atoms with Gasteiger partial charge in [-0.2, -0.15) is 5.10 Å². The van der Waals surface area contributed by atoms with Gasteiger partial charge in [0.05, 0.1) is 16.3 Å². The maximum absolute atomic E-state index is 13.3. The lowest BCUT2D eigenvalue weighted by atomic mass is 10.0. The summed E-state index contributed by atoms with van der Waals surface area (Å²) in [6.45, 7) is 11.3. The molecule has 0 aliphatic rings. The van der Waals surface area contributed by atoms with Crippen molar-refractivity contribution in [2.75, 3.05) is 4.72 Å². The summed E-state index contributed by atoms with van der Waals surface area (Å²) in [5.74, 6) is 0.450. The molecular weight excluding hydrogens is 360 g/mol. The number of benzene rings is 1. The third kappa shape index (κ3) is 3.47. The van der Waals surface area contributed by atoms with E-state index in [4.69, 9.17) is 0 Å². The molecule has 0 unspecified atom stereocenters. The summed E-state index contributed by atoms with van der Waals surface area (Å²) in [4.78, 5) is 4.68. The van der Waals surface area contributed by atoms with E-state index in [9.17, 15) is 8.42 Å². The van der Waals surface area contributed by atoms with Crippen LogP contribution in [-0.4, -0.2) is 23.2 Å². The molecule has 0 aliphatic carbocycles. The van der Waals surface area contributed by atoms with Crippen molar-refractivity contribution in [2.45, 2.75) is 46.4 Å². The highest BCUT2D eigenvalue weighted by Gasteiger charge is 2.24. The van der Waals surface area contributed by atoms with E-state index in [0.29, 0.717) is 16.4 Å². The van der Waals surface area contributed by atoms with Crippen LogP contribution < -0.4 is 4.72 Å². The number of hydrogen-bond acceptors (Lipinski definition) is 4. The first-order valence-electron chi connectivity index (χ1n) is 8.70. The Morgan fingerprint density at radius 1 is 0.963 bits per heavy atom. The topological polar surface area (TPSA) is 76.9 Å². The number of pyridine rings is 1. The number of rotatable bonds is 4. The summed E-state index contributed by atoms with van der Waals surface area (Å²) >= 11 is 0. The molecule has 0 radical (unpaired) electrons. The Morgan fingerprint density at radius 3 is 2.15 bits per heavy atom. The van der Waals surface area contributed by atoms with Crippen molar-refractivity contribution in [1.29, 1.82) is 0 Å². The molecule has 0 aliphatic heterocycles. The molecule has 6 nitrogen and oxygen atoms in total. The van der Waals surface area contributed by atoms with Gasteiger partial charge in [-0.1, -0.05) is 6.07 Å². The highest BCUT2D eigenvalue weighted by molar-refractivity contribution is 7.92. The molecule has 1 N–H and O–H groups in total. The number of aromatic nitrogens is 3. The monoisotopic (exact) mass is 384 g/mol. The second-order valence-corrected chi connectivity index (χ2v) is 8.53. The van der Waals surface area contributed by atoms with Crippen LogP contribution in [0.2, 0.25) is 0 Å². The van der Waals surface area contributed by atoms with Gasteiger partial charge in [-0.05, 0) is 82.0 Å². The normalized spacial score (nSPS) is 11.6. The lowest BCUT2D eigenvalue weighted by molar-refractivity contribution is 0.599. The minimum Gasteiger partial charge on any atom is -0.276 e. The largest absolute Gasteiger partial charge is 0.276 e. The highest BCUT2D eigenvalue weighted by Crippen LogP contribution is 2.29. The minimum atomic E-state index is -3.79. The van der Waals surface area contributed by atoms with Gasteiger partial charge in [-0.15, -0.1) is 0 Å². The van der Waals surface area contributed by atoms with Crippen molar-refractivity contribution in [3.8, 4) is 5.82 Å². The van der Waals surface area contributed by atoms with Gasteiger partial charge in [0, 0.05) is 11.9 Å². The number of nitrogens with zero attached hydrogens (tertiary/aromatic N) is 3. The van der Waals surface area contributed by atoms with Crippen LogP contribution in [0.25, 0.3) is 5.82 Å². The molecule has 1 aromatic carbocycles. The SMILES string of the molecule is Cc1cc(C)n(-c2ncccc2NS(=O)(=O)c2c(C)c(C)cc(C)c2C)n1. The molecule has 2 heterocycles. The van der Waals surface area contributed by atoms with E-state index in [1.54, 1.807) is 23.0 Å². The summed E-state index contributed by atoms with van der Waals surface area (Å²) in [5, 5.41) is 4.43. The molecule has 3 aromatic rings. The fourth-order valence-corrected chi connectivity index (χ4v) is 4.95. The van der Waals surface area contributed by atoms with Gasteiger partial charge in [-0.25, -0.2) is 18.1 Å². The fraction of sp³-hybridized carbons (Fsp3) is 0.300. The van der Waals surface area contributed by atoms with Gasteiger partial charge in [-0.3, -0.25) is 4.72 Å². The van der Waals surface area contributed by atoms with Crippen LogP contribution in [0.3, 0.4) is 0 Å². The van der Waals surface area contributed by atoms with E-state index >= 15 is 0 Å². The molecule has 2 aromatic heterocycles. The van der Waals surface area contributed by atoms with Crippen LogP contribution in [0.5, 0.6) is 0 Å². The van der Waals surface area contributed by atoms with Crippen LogP contribution in [-0.2, 0) is 10.0 Å². The second-order valence-electron chi connectivity index (χ2n) is 6.91. The molecule has 0 saturated carbocycles. The third-order valence-corrected chi connectivity index (χ3v) is 6.45. The predicted molar refractivity (Wildman–Crippen MR) is 107 cm³/mol. The molecule has 0 fully saturated rings. The number of nitrogens with one attached hydrogen (secondary N) is 1. The van der Waals surface area contributed by atoms with Crippen molar-refractivity contribution >= 4 is 15.7 Å². The van der Waals surface area contributed by atoms with Gasteiger partial charge < -0.3 is 0 Å². The average Bonchev–Trinajstić information content (AvgIpc) is 2.91. The Kier molecular flexibility index (Phi) is 4.82. The van der Waals surface area contributed by atoms with E-state index in [1.165, 1.54) is 0 Å². The minimum absolute atomic E-state index is 0.322. The Labute approximate surface area is 160 Å². The summed E-state index contributed by atoms with van der Waals surface area (Å²) in [6.07, 6.45) is 1.62. The molecule has 0 atom stereocenters. The Balaban J connectivity index is 2.13. The molecule has 27 heavy (non-hydrogen) atoms. The Hall–Kier alpha value is -2.67. The second kappa shape index (κ2) is 6.81. The smallest absolute Gasteiger partial charge is 0.262 e. The van der Waals surface area contributed by atoms with E-state index in [0.717, 1.165) is 33.6 Å². The van der Waals surface area contributed by atoms with Crippen molar-refractivity contribution in [3.63, 3.8) is 0 Å². The zero-order valence-corrected chi connectivity index (χ0v) is 17.3. The van der Waals surface area contributed by atoms with E-state index in [1.807, 2.05) is 53.7 Å². The number of aryl methyl sites for hydroxylation is 4. The predicted octanol–water partition coefficient (Wildman–Crippen LogP) is 3.92. The zero-order chi connectivity index (χ0) is 19.9. The Bertz CT molecular complexity index is 1100. The third-order valence-electron chi connectivity index (χ3n) is 4.81. The van der Waals surface area contributed by atoms with Crippen LogP contribution in [0, 0.1) is 41.5 Å². The first-order chi connectivity index (χ1) is 12.6. The van der Waals surface area contributed by atoms with Crippen molar-refractivity contribution < 1.29 is 8.42 Å². The molecule has 3 rings (SSSR count). The summed E-state index contributed by atoms with van der Waals surface area (Å²) in [7, 11) is -3.79. The van der Waals surface area contributed by atoms with E-state index in [2.05, 4.69) is 14.8 Å². The fourth-order valence-electron chi connectivity index (χ4n) is 3.27. The molecule has 0 bridgehead atoms. The highest BCUT2D eigenvalue weighted by atomic mass is 32.2. The van der Waals surface area contributed by atoms with Crippen LogP contribution in [0.15, 0.2) is 35.4 Å². The van der Waals surface area contributed by atoms with Gasteiger partial charge in [0.1, 0.15) is 0 Å². The average molecular weight is 385 g/mol. The summed E-state index contributed by atoms with van der Waals surface area (Å²) in [6, 6.07) is 7.33. The maximum atomic E-state index is 13.3. The van der Waals surface area contributed by atoms with Crippen LogP contribution >= 0.6 is 0 Å². The standard InChI is InChI=1S/C20H24N4O2S/c1-12-10-13(2)17(6)19(16(12)5)27(25,26)23-18-8-7-9-21-20(18)24-15(4)11-14(3)22-24/h7-11,23H,1-6H3.